The van der Waals surface area contributed by atoms with Crippen LogP contribution in [0.4, 0.5) is 0 Å². The SMILES string of the molecule is Cc1cnccc1CC(=O)N[C@H](C#N)C(C)(C)C. The van der Waals surface area contributed by atoms with E-state index in [1.807, 2.05) is 33.8 Å². The highest BCUT2D eigenvalue weighted by molar-refractivity contribution is 5.79. The molecule has 0 radical (unpaired) electrons. The van der Waals surface area contributed by atoms with Crippen LogP contribution in [0, 0.1) is 23.7 Å². The third-order valence-corrected chi connectivity index (χ3v) is 2.79. The summed E-state index contributed by atoms with van der Waals surface area (Å²) in [6.45, 7) is 7.71. The van der Waals surface area contributed by atoms with Gasteiger partial charge >= 0.3 is 0 Å². The van der Waals surface area contributed by atoms with Crippen LogP contribution in [0.3, 0.4) is 0 Å². The first kappa shape index (κ1) is 14.2. The van der Waals surface area contributed by atoms with Crippen molar-refractivity contribution in [2.45, 2.75) is 40.2 Å². The second kappa shape index (κ2) is 5.63. The highest BCUT2D eigenvalue weighted by Gasteiger charge is 2.25. The van der Waals surface area contributed by atoms with Crippen LogP contribution in [0.5, 0.6) is 0 Å². The molecule has 96 valence electrons. The van der Waals surface area contributed by atoms with E-state index in [2.05, 4.69) is 16.4 Å². The first-order valence-electron chi connectivity index (χ1n) is 5.93. The van der Waals surface area contributed by atoms with E-state index in [0.717, 1.165) is 11.1 Å². The molecule has 18 heavy (non-hydrogen) atoms. The monoisotopic (exact) mass is 245 g/mol. The van der Waals surface area contributed by atoms with Crippen LogP contribution in [0.15, 0.2) is 18.5 Å². The van der Waals surface area contributed by atoms with Crippen molar-refractivity contribution in [3.05, 3.63) is 29.6 Å². The number of carbonyl (C=O) groups is 1. The minimum atomic E-state index is -0.479. The molecule has 1 aromatic heterocycles. The van der Waals surface area contributed by atoms with Gasteiger partial charge in [-0.3, -0.25) is 9.78 Å². The standard InChI is InChI=1S/C14H19N3O/c1-10-9-16-6-5-11(10)7-13(18)17-12(8-15)14(2,3)4/h5-6,9,12H,7H2,1-4H3,(H,17,18)/t12-/m1/s1. The maximum atomic E-state index is 11.9. The predicted octanol–water partition coefficient (Wildman–Crippen LogP) is 1.99. The molecule has 4 heteroatoms. The zero-order valence-electron chi connectivity index (χ0n) is 11.3. The van der Waals surface area contributed by atoms with E-state index in [1.54, 1.807) is 12.4 Å². The lowest BCUT2D eigenvalue weighted by molar-refractivity contribution is -0.121. The highest BCUT2D eigenvalue weighted by atomic mass is 16.1. The summed E-state index contributed by atoms with van der Waals surface area (Å²) >= 11 is 0. The van der Waals surface area contributed by atoms with E-state index in [0.29, 0.717) is 0 Å². The summed E-state index contributed by atoms with van der Waals surface area (Å²) in [6.07, 6.45) is 3.68. The van der Waals surface area contributed by atoms with E-state index in [9.17, 15) is 4.79 Å². The van der Waals surface area contributed by atoms with E-state index in [-0.39, 0.29) is 17.7 Å². The van der Waals surface area contributed by atoms with Gasteiger partial charge in [0, 0.05) is 12.4 Å². The van der Waals surface area contributed by atoms with Crippen molar-refractivity contribution < 1.29 is 4.79 Å². The van der Waals surface area contributed by atoms with Crippen LogP contribution in [0.2, 0.25) is 0 Å². The molecule has 4 nitrogen and oxygen atoms in total. The number of nitrogens with one attached hydrogen (secondary N) is 1. The fraction of sp³-hybridized carbons (Fsp3) is 0.500. The van der Waals surface area contributed by atoms with Crippen LogP contribution in [0.25, 0.3) is 0 Å². The van der Waals surface area contributed by atoms with Gasteiger partial charge in [-0.25, -0.2) is 0 Å². The molecule has 0 fully saturated rings. The van der Waals surface area contributed by atoms with Gasteiger partial charge in [-0.1, -0.05) is 20.8 Å². The first-order valence-corrected chi connectivity index (χ1v) is 5.93. The summed E-state index contributed by atoms with van der Waals surface area (Å²) in [4.78, 5) is 15.9. The van der Waals surface area contributed by atoms with Crippen LogP contribution < -0.4 is 5.32 Å². The molecule has 0 spiro atoms. The van der Waals surface area contributed by atoms with Crippen molar-refractivity contribution in [3.8, 4) is 6.07 Å². The maximum absolute atomic E-state index is 11.9. The maximum Gasteiger partial charge on any atom is 0.225 e. The van der Waals surface area contributed by atoms with Crippen molar-refractivity contribution in [1.82, 2.24) is 10.3 Å². The van der Waals surface area contributed by atoms with Crippen molar-refractivity contribution in [3.63, 3.8) is 0 Å². The summed E-state index contributed by atoms with van der Waals surface area (Å²) in [5, 5.41) is 11.8. The number of hydrogen-bond donors (Lipinski definition) is 1. The Balaban J connectivity index is 2.68. The number of hydrogen-bond acceptors (Lipinski definition) is 3. The molecule has 1 amide bonds. The van der Waals surface area contributed by atoms with Gasteiger partial charge < -0.3 is 5.32 Å². The minimum Gasteiger partial charge on any atom is -0.340 e. The molecule has 1 aromatic rings. The van der Waals surface area contributed by atoms with Crippen LogP contribution in [0.1, 0.15) is 31.9 Å². The van der Waals surface area contributed by atoms with Gasteiger partial charge in [0.25, 0.3) is 0 Å². The normalized spacial score (nSPS) is 12.6. The topological polar surface area (TPSA) is 65.8 Å². The van der Waals surface area contributed by atoms with Crippen molar-refractivity contribution in [2.24, 2.45) is 5.41 Å². The Hall–Kier alpha value is -1.89. The molecule has 1 rings (SSSR count). The fourth-order valence-electron chi connectivity index (χ4n) is 1.53. The molecule has 0 aliphatic heterocycles. The van der Waals surface area contributed by atoms with Gasteiger partial charge in [-0.05, 0) is 29.5 Å². The first-order chi connectivity index (χ1) is 8.34. The Labute approximate surface area is 108 Å². The molecule has 0 aliphatic carbocycles. The molecule has 0 saturated carbocycles. The number of nitriles is 1. The van der Waals surface area contributed by atoms with Crippen molar-refractivity contribution >= 4 is 5.91 Å². The summed E-state index contributed by atoms with van der Waals surface area (Å²) in [6, 6.07) is 3.48. The zero-order valence-corrected chi connectivity index (χ0v) is 11.3. The summed E-state index contributed by atoms with van der Waals surface area (Å²) in [7, 11) is 0. The molecule has 0 bridgehead atoms. The summed E-state index contributed by atoms with van der Waals surface area (Å²) in [5.74, 6) is -0.134. The molecule has 0 saturated heterocycles. The van der Waals surface area contributed by atoms with Gasteiger partial charge in [-0.15, -0.1) is 0 Å². The van der Waals surface area contributed by atoms with E-state index < -0.39 is 6.04 Å². The van der Waals surface area contributed by atoms with Gasteiger partial charge in [-0.2, -0.15) is 5.26 Å². The van der Waals surface area contributed by atoms with Crippen molar-refractivity contribution in [1.29, 1.82) is 5.26 Å². The third-order valence-electron chi connectivity index (χ3n) is 2.79. The van der Waals surface area contributed by atoms with E-state index >= 15 is 0 Å². The Morgan fingerprint density at radius 1 is 1.56 bits per heavy atom. The Morgan fingerprint density at radius 2 is 2.22 bits per heavy atom. The second-order valence-corrected chi connectivity index (χ2v) is 5.47. The number of nitrogens with zero attached hydrogens (tertiary/aromatic N) is 2. The minimum absolute atomic E-state index is 0.134. The highest BCUT2D eigenvalue weighted by Crippen LogP contribution is 2.18. The Morgan fingerprint density at radius 3 is 2.72 bits per heavy atom. The molecule has 0 unspecified atom stereocenters. The van der Waals surface area contributed by atoms with Crippen LogP contribution >= 0.6 is 0 Å². The van der Waals surface area contributed by atoms with Gasteiger partial charge in [0.15, 0.2) is 0 Å². The van der Waals surface area contributed by atoms with Gasteiger partial charge in [0.2, 0.25) is 5.91 Å². The lowest BCUT2D eigenvalue weighted by Gasteiger charge is -2.25. The summed E-state index contributed by atoms with van der Waals surface area (Å²) in [5.41, 5.74) is 1.66. The molecular weight excluding hydrogens is 226 g/mol. The summed E-state index contributed by atoms with van der Waals surface area (Å²) < 4.78 is 0. The average Bonchev–Trinajstić information content (AvgIpc) is 2.27. The number of rotatable bonds is 3. The fourth-order valence-corrected chi connectivity index (χ4v) is 1.53. The van der Waals surface area contributed by atoms with Gasteiger partial charge in [0.1, 0.15) is 6.04 Å². The Kier molecular flexibility index (Phi) is 4.43. The number of pyridine rings is 1. The molecular formula is C14H19N3O. The molecule has 1 N–H and O–H groups in total. The second-order valence-electron chi connectivity index (χ2n) is 5.47. The number of aromatic nitrogens is 1. The molecule has 1 atom stereocenters. The number of amides is 1. The Bertz CT molecular complexity index is 469. The van der Waals surface area contributed by atoms with Gasteiger partial charge in [0.05, 0.1) is 12.5 Å². The molecule has 0 aliphatic rings. The number of carbonyl (C=O) groups excluding carboxylic acids is 1. The lowest BCUT2D eigenvalue weighted by Crippen LogP contribution is -2.43. The lowest BCUT2D eigenvalue weighted by atomic mass is 9.87. The third kappa shape index (κ3) is 3.85. The molecule has 1 heterocycles. The van der Waals surface area contributed by atoms with Crippen LogP contribution in [-0.4, -0.2) is 16.9 Å². The molecule has 0 aromatic carbocycles. The van der Waals surface area contributed by atoms with Crippen molar-refractivity contribution in [2.75, 3.05) is 0 Å². The van der Waals surface area contributed by atoms with E-state index in [4.69, 9.17) is 5.26 Å². The zero-order chi connectivity index (χ0) is 13.8. The smallest absolute Gasteiger partial charge is 0.225 e. The largest absolute Gasteiger partial charge is 0.340 e. The predicted molar refractivity (Wildman–Crippen MR) is 69.7 cm³/mol. The quantitative estimate of drug-likeness (QED) is 0.885. The average molecular weight is 245 g/mol. The number of aryl methyl sites for hydroxylation is 1. The van der Waals surface area contributed by atoms with E-state index in [1.165, 1.54) is 0 Å². The van der Waals surface area contributed by atoms with Crippen LogP contribution in [-0.2, 0) is 11.2 Å².